The molecule has 0 radical (unpaired) electrons. The zero-order valence-electron chi connectivity index (χ0n) is 24.3. The van der Waals surface area contributed by atoms with Crippen molar-refractivity contribution in [1.29, 1.82) is 0 Å². The highest BCUT2D eigenvalue weighted by Crippen LogP contribution is 2.54. The van der Waals surface area contributed by atoms with Gasteiger partial charge in [-0.25, -0.2) is 4.79 Å². The van der Waals surface area contributed by atoms with Gasteiger partial charge in [-0.05, 0) is 42.0 Å². The molecule has 234 valence electrons. The number of ether oxygens (including phenoxy) is 1. The maximum Gasteiger partial charge on any atom is 0.340 e. The van der Waals surface area contributed by atoms with Crippen LogP contribution in [0.3, 0.4) is 0 Å². The quantitative estimate of drug-likeness (QED) is 0.125. The Labute approximate surface area is 260 Å². The number of urea groups is 1. The molecule has 3 aromatic rings. The largest absolute Gasteiger partial charge is 0.510 e. The van der Waals surface area contributed by atoms with Crippen LogP contribution in [0.4, 0.5) is 10.5 Å². The molecule has 1 unspecified atom stereocenters. The SMILES string of the molecule is COc1cc(=O)c2c(=O)c3c(c(=O)c=2c1=O)=C(O)C1(CCc2cc4cc(/C=N/N(C(N)=O)c5ccccc5)[nH]c(=O)c4c(O)c21)C=3O. The molecule has 0 saturated heterocycles. The van der Waals surface area contributed by atoms with Gasteiger partial charge in [-0.2, -0.15) is 10.1 Å². The smallest absolute Gasteiger partial charge is 0.340 e. The number of aryl methyl sites for hydroxylation is 1. The fourth-order valence-electron chi connectivity index (χ4n) is 6.78. The van der Waals surface area contributed by atoms with Crippen LogP contribution in [0, 0.1) is 10.4 Å². The van der Waals surface area contributed by atoms with Crippen molar-refractivity contribution in [3.8, 4) is 11.5 Å². The summed E-state index contributed by atoms with van der Waals surface area (Å²) in [5, 5.41) is 36.9. The number of pyridine rings is 1. The summed E-state index contributed by atoms with van der Waals surface area (Å²) < 4.78 is 4.90. The van der Waals surface area contributed by atoms with Gasteiger partial charge in [0.25, 0.3) is 5.56 Å². The minimum atomic E-state index is -2.02. The Morgan fingerprint density at radius 1 is 0.936 bits per heavy atom. The maximum atomic E-state index is 13.7. The lowest BCUT2D eigenvalue weighted by Crippen LogP contribution is -2.51. The number of carbonyl (C=O) groups is 1. The number of fused-ring (bicyclic) bond motifs is 4. The molecular formula is C33H22N4O10. The summed E-state index contributed by atoms with van der Waals surface area (Å²) in [6.45, 7) is 0. The van der Waals surface area contributed by atoms with Gasteiger partial charge in [0.15, 0.2) is 11.2 Å². The number of carbonyl (C=O) groups excluding carboxylic acids is 1. The number of aromatic amines is 1. The van der Waals surface area contributed by atoms with Crippen molar-refractivity contribution in [2.24, 2.45) is 10.8 Å². The molecule has 6 N–H and O–H groups in total. The average Bonchev–Trinajstić information content (AvgIpc) is 3.53. The number of phenolic OH excluding ortho intramolecular Hbond substituents is 1. The molecule has 4 aliphatic rings. The van der Waals surface area contributed by atoms with Crippen LogP contribution in [0.2, 0.25) is 0 Å². The highest BCUT2D eigenvalue weighted by Gasteiger charge is 2.53. The number of aromatic nitrogens is 1. The van der Waals surface area contributed by atoms with Gasteiger partial charge in [0.05, 0.1) is 51.0 Å². The number of rotatable bonds is 4. The molecule has 1 heterocycles. The predicted molar refractivity (Wildman–Crippen MR) is 169 cm³/mol. The van der Waals surface area contributed by atoms with Crippen LogP contribution < -0.4 is 53.2 Å². The second kappa shape index (κ2) is 9.97. The summed E-state index contributed by atoms with van der Waals surface area (Å²) in [6, 6.07) is 11.2. The minimum absolute atomic E-state index is 0.107. The Bertz CT molecular complexity index is 2750. The van der Waals surface area contributed by atoms with Crippen LogP contribution in [0.25, 0.3) is 22.3 Å². The molecular weight excluding hydrogens is 612 g/mol. The van der Waals surface area contributed by atoms with Crippen molar-refractivity contribution in [2.45, 2.75) is 18.3 Å². The summed E-state index contributed by atoms with van der Waals surface area (Å²) in [5.41, 5.74) is -0.897. The molecule has 47 heavy (non-hydrogen) atoms. The Morgan fingerprint density at radius 2 is 1.60 bits per heavy atom. The number of para-hydroxylation sites is 1. The monoisotopic (exact) mass is 634 g/mol. The zero-order valence-corrected chi connectivity index (χ0v) is 24.3. The molecule has 4 aliphatic carbocycles. The Hall–Kier alpha value is -6.57. The first-order valence-corrected chi connectivity index (χ1v) is 14.1. The Balaban J connectivity index is 1.45. The Kier molecular flexibility index (Phi) is 6.18. The van der Waals surface area contributed by atoms with Crippen LogP contribution in [-0.2, 0) is 11.8 Å². The number of aliphatic hydroxyl groups excluding tert-OH is 2. The number of hydrazone groups is 1. The number of amides is 2. The van der Waals surface area contributed by atoms with Crippen LogP contribution in [0.1, 0.15) is 23.2 Å². The average molecular weight is 635 g/mol. The minimum Gasteiger partial charge on any atom is -0.510 e. The van der Waals surface area contributed by atoms with Crippen molar-refractivity contribution >= 4 is 40.2 Å². The van der Waals surface area contributed by atoms with Gasteiger partial charge in [0, 0.05) is 11.6 Å². The number of methoxy groups -OCH3 is 1. The first-order valence-electron chi connectivity index (χ1n) is 14.1. The number of primary amides is 1. The molecule has 2 aromatic carbocycles. The zero-order chi connectivity index (χ0) is 33.5. The second-order valence-corrected chi connectivity index (χ2v) is 11.2. The van der Waals surface area contributed by atoms with Gasteiger partial charge >= 0.3 is 6.03 Å². The van der Waals surface area contributed by atoms with E-state index in [1.165, 1.54) is 12.3 Å². The van der Waals surface area contributed by atoms with E-state index < -0.39 is 82.6 Å². The van der Waals surface area contributed by atoms with Crippen molar-refractivity contribution in [3.63, 3.8) is 0 Å². The fraction of sp³-hybridized carbons (Fsp3) is 0.121. The van der Waals surface area contributed by atoms with Gasteiger partial charge in [-0.3, -0.25) is 24.0 Å². The molecule has 14 nitrogen and oxygen atoms in total. The Morgan fingerprint density at radius 3 is 2.23 bits per heavy atom. The highest BCUT2D eigenvalue weighted by atomic mass is 16.5. The third-order valence-electron chi connectivity index (χ3n) is 8.80. The third kappa shape index (κ3) is 3.81. The van der Waals surface area contributed by atoms with Crippen LogP contribution >= 0.6 is 0 Å². The molecule has 2 amide bonds. The molecule has 1 atom stereocenters. The summed E-state index contributed by atoms with van der Waals surface area (Å²) in [6.07, 6.45) is 1.16. The van der Waals surface area contributed by atoms with E-state index in [9.17, 15) is 44.1 Å². The first-order chi connectivity index (χ1) is 22.4. The molecule has 14 heteroatoms. The lowest BCUT2D eigenvalue weighted by molar-refractivity contribution is 0.254. The van der Waals surface area contributed by atoms with Gasteiger partial charge < -0.3 is 30.8 Å². The number of hydrogen-bond acceptors (Lipinski definition) is 11. The molecule has 0 saturated carbocycles. The highest BCUT2D eigenvalue weighted by molar-refractivity contribution is 5.97. The number of nitrogens with zero attached hydrogens (tertiary/aromatic N) is 2. The number of aromatic hydroxyl groups is 1. The number of benzene rings is 2. The summed E-state index contributed by atoms with van der Waals surface area (Å²) >= 11 is 0. The molecule has 0 aliphatic heterocycles. The number of aliphatic hydroxyl groups is 2. The number of hydrogen-bond donors (Lipinski definition) is 5. The fourth-order valence-corrected chi connectivity index (χ4v) is 6.78. The van der Waals surface area contributed by atoms with E-state index in [0.29, 0.717) is 11.3 Å². The second-order valence-electron chi connectivity index (χ2n) is 11.2. The van der Waals surface area contributed by atoms with Crippen molar-refractivity contribution in [2.75, 3.05) is 12.1 Å². The van der Waals surface area contributed by atoms with Crippen LogP contribution in [-0.4, -0.2) is 39.7 Å². The van der Waals surface area contributed by atoms with Gasteiger partial charge in [-0.1, -0.05) is 24.3 Å². The summed E-state index contributed by atoms with van der Waals surface area (Å²) in [7, 11) is 1.11. The molecule has 0 fully saturated rings. The number of anilines is 1. The van der Waals surface area contributed by atoms with Gasteiger partial charge in [-0.15, -0.1) is 0 Å². The summed E-state index contributed by atoms with van der Waals surface area (Å²) in [4.78, 5) is 80.9. The molecule has 0 bridgehead atoms. The van der Waals surface area contributed by atoms with Gasteiger partial charge in [0.2, 0.25) is 16.3 Å². The number of H-pyrrole nitrogens is 1. The third-order valence-corrected chi connectivity index (χ3v) is 8.80. The van der Waals surface area contributed by atoms with E-state index in [2.05, 4.69) is 10.1 Å². The lowest BCUT2D eigenvalue weighted by Gasteiger charge is -2.27. The maximum absolute atomic E-state index is 13.7. The van der Waals surface area contributed by atoms with E-state index >= 15 is 0 Å². The van der Waals surface area contributed by atoms with E-state index in [0.717, 1.165) is 18.2 Å². The van der Waals surface area contributed by atoms with E-state index in [1.807, 2.05) is 0 Å². The number of nitrogens with one attached hydrogen (secondary N) is 1. The lowest BCUT2D eigenvalue weighted by atomic mass is 9.78. The topological polar surface area (TPSA) is 230 Å². The predicted octanol–water partition coefficient (Wildman–Crippen LogP) is -0.567. The molecule has 1 aromatic heterocycles. The van der Waals surface area contributed by atoms with Gasteiger partial charge in [0.1, 0.15) is 22.7 Å². The molecule has 1 spiro atoms. The van der Waals surface area contributed by atoms with Crippen molar-refractivity contribution < 1.29 is 24.9 Å². The van der Waals surface area contributed by atoms with E-state index in [1.54, 1.807) is 36.4 Å². The number of phenols is 1. The first kappa shape index (κ1) is 29.2. The van der Waals surface area contributed by atoms with E-state index in [-0.39, 0.29) is 34.9 Å². The van der Waals surface area contributed by atoms with Crippen molar-refractivity contribution in [1.82, 2.24) is 4.98 Å². The summed E-state index contributed by atoms with van der Waals surface area (Å²) in [5.74, 6) is -2.70. The van der Waals surface area contributed by atoms with Crippen molar-refractivity contribution in [3.05, 3.63) is 137 Å². The van der Waals surface area contributed by atoms with Crippen LogP contribution in [0.15, 0.2) is 77.6 Å². The number of nitrogens with two attached hydrogens (primary N) is 1. The standard InChI is InChI=1S/C33H22N4O10/c1-47-18-11-17(38)20-21(25(18)39)27(41)23-22(26(20)40)29(43)33(30(23)44)8-7-13-9-14-10-15(36-31(45)19(14)28(42)24(13)33)12-35-37(32(34)46)16-5-3-2-4-6-16/h2-6,9-12,42-44H,7-8H2,1H3,(H2,34,46)(H,36,45)/b35-12+. The van der Waals surface area contributed by atoms with Crippen LogP contribution in [0.5, 0.6) is 11.5 Å². The molecule has 7 rings (SSSR count). The normalized spacial score (nSPS) is 16.8. The van der Waals surface area contributed by atoms with E-state index in [4.69, 9.17) is 10.5 Å².